The second-order valence-corrected chi connectivity index (χ2v) is 7.19. The summed E-state index contributed by atoms with van der Waals surface area (Å²) in [5, 5.41) is 3.01. The number of carbonyl (C=O) groups is 1. The number of carbonyl (C=O) groups excluding carboxylic acids is 1. The van der Waals surface area contributed by atoms with Gasteiger partial charge in [-0.3, -0.25) is 4.79 Å². The lowest BCUT2D eigenvalue weighted by Crippen LogP contribution is -2.24. The molecule has 1 aromatic carbocycles. The van der Waals surface area contributed by atoms with Crippen molar-refractivity contribution in [3.63, 3.8) is 0 Å². The Bertz CT molecular complexity index is 703. The highest BCUT2D eigenvalue weighted by atomic mass is 32.1. The molecule has 0 fully saturated rings. The van der Waals surface area contributed by atoms with Crippen LogP contribution in [0, 0.1) is 12.8 Å². The van der Waals surface area contributed by atoms with E-state index < -0.39 is 0 Å². The first-order chi connectivity index (χ1) is 10.6. The van der Waals surface area contributed by atoms with Crippen molar-refractivity contribution < 1.29 is 9.53 Å². The van der Waals surface area contributed by atoms with Gasteiger partial charge in [0, 0.05) is 22.5 Å². The second kappa shape index (κ2) is 6.13. The number of fused-ring (bicyclic) bond motifs is 3. The van der Waals surface area contributed by atoms with Crippen molar-refractivity contribution in [2.24, 2.45) is 5.92 Å². The third-order valence-electron chi connectivity index (χ3n) is 3.88. The molecule has 1 aliphatic rings. The molecular weight excluding hydrogens is 294 g/mol. The quantitative estimate of drug-likeness (QED) is 0.908. The van der Waals surface area contributed by atoms with Crippen LogP contribution >= 0.6 is 11.3 Å². The lowest BCUT2D eigenvalue weighted by atomic mass is 10.0. The second-order valence-electron chi connectivity index (χ2n) is 6.14. The summed E-state index contributed by atoms with van der Waals surface area (Å²) in [6.07, 6.45) is 1.00. The van der Waals surface area contributed by atoms with Crippen LogP contribution in [0.2, 0.25) is 0 Å². The Morgan fingerprint density at radius 1 is 1.41 bits per heavy atom. The third kappa shape index (κ3) is 2.88. The first-order valence-corrected chi connectivity index (χ1v) is 8.51. The molecule has 3 rings (SSSR count). The predicted octanol–water partition coefficient (Wildman–Crippen LogP) is 4.39. The van der Waals surface area contributed by atoms with Crippen LogP contribution in [0.15, 0.2) is 24.3 Å². The van der Waals surface area contributed by atoms with E-state index in [0.717, 1.165) is 34.7 Å². The number of aryl methyl sites for hydroxylation is 1. The number of nitrogens with one attached hydrogen (secondary N) is 1. The van der Waals surface area contributed by atoms with E-state index in [1.807, 2.05) is 18.2 Å². The van der Waals surface area contributed by atoms with Gasteiger partial charge in [-0.25, -0.2) is 0 Å². The van der Waals surface area contributed by atoms with Gasteiger partial charge in [0.05, 0.1) is 4.88 Å². The number of hydrogen-bond donors (Lipinski definition) is 1. The van der Waals surface area contributed by atoms with Crippen molar-refractivity contribution in [2.75, 3.05) is 6.54 Å². The average molecular weight is 315 g/mol. The standard InChI is InChI=1S/C18H21NO2S/c1-11(2)7-8-19-18(20)15-9-13-10-21-14-6-4-5-12(3)16(14)17(13)22-15/h4-6,9,11H,7-8,10H2,1-3H3,(H,19,20). The van der Waals surface area contributed by atoms with Gasteiger partial charge in [0.15, 0.2) is 0 Å². The fraction of sp³-hybridized carbons (Fsp3) is 0.389. The zero-order chi connectivity index (χ0) is 15.7. The van der Waals surface area contributed by atoms with Crippen molar-refractivity contribution >= 4 is 17.2 Å². The first-order valence-electron chi connectivity index (χ1n) is 7.70. The molecule has 1 N–H and O–H groups in total. The fourth-order valence-electron chi connectivity index (χ4n) is 2.63. The smallest absolute Gasteiger partial charge is 0.261 e. The molecule has 1 aromatic heterocycles. The van der Waals surface area contributed by atoms with Crippen LogP contribution in [0.5, 0.6) is 5.75 Å². The fourth-order valence-corrected chi connectivity index (χ4v) is 3.83. The van der Waals surface area contributed by atoms with Crippen LogP contribution < -0.4 is 10.1 Å². The summed E-state index contributed by atoms with van der Waals surface area (Å²) in [6, 6.07) is 8.05. The molecule has 2 heterocycles. The zero-order valence-corrected chi connectivity index (χ0v) is 14.0. The number of ether oxygens (including phenoxy) is 1. The van der Waals surface area contributed by atoms with Gasteiger partial charge < -0.3 is 10.1 Å². The molecule has 0 saturated heterocycles. The lowest BCUT2D eigenvalue weighted by molar-refractivity contribution is 0.0956. The molecule has 4 heteroatoms. The van der Waals surface area contributed by atoms with Crippen LogP contribution in [0.3, 0.4) is 0 Å². The van der Waals surface area contributed by atoms with Gasteiger partial charge in [0.1, 0.15) is 12.4 Å². The number of rotatable bonds is 4. The van der Waals surface area contributed by atoms with E-state index in [1.165, 1.54) is 10.4 Å². The van der Waals surface area contributed by atoms with Crippen molar-refractivity contribution in [1.82, 2.24) is 5.32 Å². The number of amides is 1. The minimum atomic E-state index is 0.0233. The molecule has 3 nitrogen and oxygen atoms in total. The highest BCUT2D eigenvalue weighted by molar-refractivity contribution is 7.17. The highest BCUT2D eigenvalue weighted by Gasteiger charge is 2.23. The molecule has 0 aliphatic carbocycles. The summed E-state index contributed by atoms with van der Waals surface area (Å²) in [5.74, 6) is 1.54. The van der Waals surface area contributed by atoms with Gasteiger partial charge in [-0.05, 0) is 37.0 Å². The molecule has 116 valence electrons. The topological polar surface area (TPSA) is 38.3 Å². The van der Waals surface area contributed by atoms with Crippen molar-refractivity contribution in [3.05, 3.63) is 40.3 Å². The van der Waals surface area contributed by atoms with Crippen LogP contribution in [0.25, 0.3) is 10.4 Å². The van der Waals surface area contributed by atoms with Crippen LogP contribution in [-0.2, 0) is 6.61 Å². The maximum absolute atomic E-state index is 12.3. The monoisotopic (exact) mass is 315 g/mol. The Morgan fingerprint density at radius 3 is 3.00 bits per heavy atom. The van der Waals surface area contributed by atoms with E-state index in [9.17, 15) is 4.79 Å². The largest absolute Gasteiger partial charge is 0.488 e. The molecule has 22 heavy (non-hydrogen) atoms. The van der Waals surface area contributed by atoms with Crippen molar-refractivity contribution in [1.29, 1.82) is 0 Å². The minimum absolute atomic E-state index is 0.0233. The SMILES string of the molecule is Cc1cccc2c1-c1sc(C(=O)NCCC(C)C)cc1CO2. The summed E-state index contributed by atoms with van der Waals surface area (Å²) >= 11 is 1.57. The van der Waals surface area contributed by atoms with E-state index >= 15 is 0 Å². The van der Waals surface area contributed by atoms with Gasteiger partial charge in [-0.2, -0.15) is 0 Å². The van der Waals surface area contributed by atoms with Gasteiger partial charge >= 0.3 is 0 Å². The molecule has 1 amide bonds. The zero-order valence-electron chi connectivity index (χ0n) is 13.2. The van der Waals surface area contributed by atoms with E-state index in [-0.39, 0.29) is 5.91 Å². The van der Waals surface area contributed by atoms with Gasteiger partial charge in [-0.15, -0.1) is 11.3 Å². The molecule has 0 atom stereocenters. The first kappa shape index (κ1) is 15.1. The number of thiophene rings is 1. The molecule has 0 saturated carbocycles. The third-order valence-corrected chi connectivity index (χ3v) is 5.08. The maximum atomic E-state index is 12.3. The highest BCUT2D eigenvalue weighted by Crippen LogP contribution is 2.44. The molecule has 0 radical (unpaired) electrons. The predicted molar refractivity (Wildman–Crippen MR) is 90.6 cm³/mol. The normalized spacial score (nSPS) is 12.5. The van der Waals surface area contributed by atoms with E-state index in [2.05, 4.69) is 32.2 Å². The lowest BCUT2D eigenvalue weighted by Gasteiger charge is -2.19. The maximum Gasteiger partial charge on any atom is 0.261 e. The Kier molecular flexibility index (Phi) is 4.21. The van der Waals surface area contributed by atoms with Gasteiger partial charge in [0.25, 0.3) is 5.91 Å². The summed E-state index contributed by atoms with van der Waals surface area (Å²) in [5.41, 5.74) is 3.43. The summed E-state index contributed by atoms with van der Waals surface area (Å²) < 4.78 is 5.81. The molecule has 1 aliphatic heterocycles. The van der Waals surface area contributed by atoms with Crippen molar-refractivity contribution in [3.8, 4) is 16.2 Å². The Hall–Kier alpha value is -1.81. The number of hydrogen-bond acceptors (Lipinski definition) is 3. The summed E-state index contributed by atoms with van der Waals surface area (Å²) in [6.45, 7) is 7.67. The molecular formula is C18H21NO2S. The van der Waals surface area contributed by atoms with E-state index in [4.69, 9.17) is 4.74 Å². The van der Waals surface area contributed by atoms with Crippen LogP contribution in [0.4, 0.5) is 0 Å². The molecule has 2 aromatic rings. The number of benzene rings is 1. The average Bonchev–Trinajstić information content (AvgIpc) is 2.91. The Labute approximate surface area is 135 Å². The molecule has 0 spiro atoms. The Morgan fingerprint density at radius 2 is 2.23 bits per heavy atom. The van der Waals surface area contributed by atoms with Crippen molar-refractivity contribution in [2.45, 2.75) is 33.8 Å². The Balaban J connectivity index is 1.84. The molecule has 0 bridgehead atoms. The van der Waals surface area contributed by atoms with E-state index in [0.29, 0.717) is 12.5 Å². The van der Waals surface area contributed by atoms with Gasteiger partial charge in [-0.1, -0.05) is 26.0 Å². The van der Waals surface area contributed by atoms with Crippen LogP contribution in [-0.4, -0.2) is 12.5 Å². The minimum Gasteiger partial charge on any atom is -0.488 e. The molecule has 0 unspecified atom stereocenters. The van der Waals surface area contributed by atoms with Gasteiger partial charge in [0.2, 0.25) is 0 Å². The summed E-state index contributed by atoms with van der Waals surface area (Å²) in [4.78, 5) is 14.2. The van der Waals surface area contributed by atoms with Crippen LogP contribution in [0.1, 0.15) is 41.1 Å². The summed E-state index contributed by atoms with van der Waals surface area (Å²) in [7, 11) is 0. The van der Waals surface area contributed by atoms with E-state index in [1.54, 1.807) is 11.3 Å².